The predicted molar refractivity (Wildman–Crippen MR) is 67.8 cm³/mol. The van der Waals surface area contributed by atoms with Gasteiger partial charge in [0.25, 0.3) is 5.91 Å². The second-order valence-electron chi connectivity index (χ2n) is 4.93. The van der Waals surface area contributed by atoms with Gasteiger partial charge in [-0.15, -0.1) is 0 Å². The smallest absolute Gasteiger partial charge is 0.254 e. The molecule has 18 heavy (non-hydrogen) atoms. The van der Waals surface area contributed by atoms with E-state index in [1.807, 2.05) is 7.05 Å². The Balaban J connectivity index is 2.07. The number of rotatable bonds is 2. The summed E-state index contributed by atoms with van der Waals surface area (Å²) < 4.78 is 13.0. The fraction of sp³-hybridized carbons (Fsp3) is 0.571. The van der Waals surface area contributed by atoms with Crippen molar-refractivity contribution in [1.82, 2.24) is 9.88 Å². The summed E-state index contributed by atoms with van der Waals surface area (Å²) >= 11 is 0. The first-order chi connectivity index (χ1) is 8.68. The normalized spacial score (nSPS) is 17.2. The number of pyridine rings is 1. The first-order valence-electron chi connectivity index (χ1n) is 6.57. The molecule has 4 heteroatoms. The monoisotopic (exact) mass is 250 g/mol. The summed E-state index contributed by atoms with van der Waals surface area (Å²) in [5.74, 6) is -0.710. The van der Waals surface area contributed by atoms with Gasteiger partial charge in [0, 0.05) is 30.9 Å². The molecule has 2 rings (SSSR count). The van der Waals surface area contributed by atoms with Crippen molar-refractivity contribution >= 4 is 5.91 Å². The Morgan fingerprint density at radius 1 is 1.33 bits per heavy atom. The first-order valence-corrected chi connectivity index (χ1v) is 6.57. The van der Waals surface area contributed by atoms with Crippen molar-refractivity contribution in [2.24, 2.45) is 0 Å². The summed E-state index contributed by atoms with van der Waals surface area (Å²) in [6.45, 7) is 0. The van der Waals surface area contributed by atoms with E-state index in [1.54, 1.807) is 11.0 Å². The van der Waals surface area contributed by atoms with Gasteiger partial charge in [-0.1, -0.05) is 25.7 Å². The minimum Gasteiger partial charge on any atom is -0.339 e. The van der Waals surface area contributed by atoms with E-state index in [0.717, 1.165) is 12.8 Å². The third-order valence-corrected chi connectivity index (χ3v) is 3.67. The lowest BCUT2D eigenvalue weighted by Crippen LogP contribution is -2.36. The first kappa shape index (κ1) is 13.0. The van der Waals surface area contributed by atoms with Crippen LogP contribution in [0.3, 0.4) is 0 Å². The van der Waals surface area contributed by atoms with Gasteiger partial charge in [-0.05, 0) is 18.9 Å². The standard InChI is InChI=1S/C14H19FN2O/c1-17(12-6-4-2-3-5-7-12)14(18)11-8-9-16-13(15)10-11/h8-10,12H,2-7H2,1H3. The van der Waals surface area contributed by atoms with Crippen LogP contribution >= 0.6 is 0 Å². The van der Waals surface area contributed by atoms with E-state index in [-0.39, 0.29) is 11.9 Å². The van der Waals surface area contributed by atoms with Gasteiger partial charge in [-0.25, -0.2) is 4.98 Å². The van der Waals surface area contributed by atoms with Crippen LogP contribution in [0.1, 0.15) is 48.9 Å². The molecule has 0 unspecified atom stereocenters. The number of hydrogen-bond donors (Lipinski definition) is 0. The average Bonchev–Trinajstić information content (AvgIpc) is 2.66. The fourth-order valence-corrected chi connectivity index (χ4v) is 2.55. The number of halogens is 1. The minimum absolute atomic E-state index is 0.108. The lowest BCUT2D eigenvalue weighted by molar-refractivity contribution is 0.0717. The van der Waals surface area contributed by atoms with Crippen molar-refractivity contribution in [3.8, 4) is 0 Å². The van der Waals surface area contributed by atoms with Gasteiger partial charge in [-0.3, -0.25) is 4.79 Å². The molecule has 0 aliphatic heterocycles. The van der Waals surface area contributed by atoms with Crippen molar-refractivity contribution in [3.63, 3.8) is 0 Å². The van der Waals surface area contributed by atoms with E-state index in [4.69, 9.17) is 0 Å². The Hall–Kier alpha value is -1.45. The van der Waals surface area contributed by atoms with Gasteiger partial charge in [0.1, 0.15) is 0 Å². The quantitative estimate of drug-likeness (QED) is 0.597. The molecule has 98 valence electrons. The SMILES string of the molecule is CN(C(=O)c1ccnc(F)c1)C1CCCCCC1. The van der Waals surface area contributed by atoms with E-state index >= 15 is 0 Å². The highest BCUT2D eigenvalue weighted by atomic mass is 19.1. The molecule has 3 nitrogen and oxygen atoms in total. The van der Waals surface area contributed by atoms with E-state index < -0.39 is 5.95 Å². The lowest BCUT2D eigenvalue weighted by Gasteiger charge is -2.27. The molecule has 0 bridgehead atoms. The second-order valence-corrected chi connectivity index (χ2v) is 4.93. The molecule has 1 saturated carbocycles. The summed E-state index contributed by atoms with van der Waals surface area (Å²) in [7, 11) is 1.82. The molecule has 1 heterocycles. The Kier molecular flexibility index (Phi) is 4.28. The highest BCUT2D eigenvalue weighted by molar-refractivity contribution is 5.94. The van der Waals surface area contributed by atoms with Gasteiger partial charge in [0.2, 0.25) is 5.95 Å². The Labute approximate surface area is 107 Å². The van der Waals surface area contributed by atoms with Crippen molar-refractivity contribution in [2.75, 3.05) is 7.05 Å². The van der Waals surface area contributed by atoms with Crippen molar-refractivity contribution in [3.05, 3.63) is 29.8 Å². The molecule has 0 N–H and O–H groups in total. The summed E-state index contributed by atoms with van der Waals surface area (Å²) in [6.07, 6.45) is 8.29. The number of carbonyl (C=O) groups is 1. The highest BCUT2D eigenvalue weighted by Crippen LogP contribution is 2.22. The molecule has 1 aliphatic carbocycles. The molecule has 0 atom stereocenters. The molecule has 1 fully saturated rings. The molecule has 0 spiro atoms. The van der Waals surface area contributed by atoms with Crippen molar-refractivity contribution in [2.45, 2.75) is 44.6 Å². The summed E-state index contributed by atoms with van der Waals surface area (Å²) in [5, 5.41) is 0. The van der Waals surface area contributed by atoms with Crippen LogP contribution in [0.5, 0.6) is 0 Å². The number of hydrogen-bond acceptors (Lipinski definition) is 2. The van der Waals surface area contributed by atoms with Crippen LogP contribution in [0.15, 0.2) is 18.3 Å². The molecule has 1 aromatic heterocycles. The Morgan fingerprint density at radius 2 is 2.00 bits per heavy atom. The topological polar surface area (TPSA) is 33.2 Å². The average molecular weight is 250 g/mol. The summed E-state index contributed by atoms with van der Waals surface area (Å²) in [4.78, 5) is 17.5. The zero-order valence-electron chi connectivity index (χ0n) is 10.7. The van der Waals surface area contributed by atoms with Gasteiger partial charge in [0.05, 0.1) is 0 Å². The number of nitrogens with zero attached hydrogens (tertiary/aromatic N) is 2. The summed E-state index contributed by atoms with van der Waals surface area (Å²) in [5.41, 5.74) is 0.384. The summed E-state index contributed by atoms with van der Waals surface area (Å²) in [6, 6.07) is 3.06. The van der Waals surface area contributed by atoms with Gasteiger partial charge in [0.15, 0.2) is 0 Å². The molecule has 0 radical (unpaired) electrons. The van der Waals surface area contributed by atoms with Crippen LogP contribution in [0.4, 0.5) is 4.39 Å². The molecule has 1 aliphatic rings. The number of aromatic nitrogens is 1. The van der Waals surface area contributed by atoms with Crippen molar-refractivity contribution < 1.29 is 9.18 Å². The number of amides is 1. The molecule has 0 saturated heterocycles. The largest absolute Gasteiger partial charge is 0.339 e. The maximum Gasteiger partial charge on any atom is 0.254 e. The van der Waals surface area contributed by atoms with Crippen LogP contribution in [0, 0.1) is 5.95 Å². The van der Waals surface area contributed by atoms with Crippen LogP contribution in [0.25, 0.3) is 0 Å². The van der Waals surface area contributed by atoms with E-state index in [9.17, 15) is 9.18 Å². The highest BCUT2D eigenvalue weighted by Gasteiger charge is 2.22. The maximum absolute atomic E-state index is 13.0. The molecule has 1 amide bonds. The lowest BCUT2D eigenvalue weighted by atomic mass is 10.1. The van der Waals surface area contributed by atoms with Crippen LogP contribution in [0.2, 0.25) is 0 Å². The second kappa shape index (κ2) is 5.94. The predicted octanol–water partition coefficient (Wildman–Crippen LogP) is 3.02. The van der Waals surface area contributed by atoms with E-state index in [1.165, 1.54) is 37.9 Å². The van der Waals surface area contributed by atoms with E-state index in [2.05, 4.69) is 4.98 Å². The van der Waals surface area contributed by atoms with Crippen LogP contribution < -0.4 is 0 Å². The molecular weight excluding hydrogens is 231 g/mol. The minimum atomic E-state index is -0.602. The fourth-order valence-electron chi connectivity index (χ4n) is 2.55. The van der Waals surface area contributed by atoms with Crippen LogP contribution in [-0.2, 0) is 0 Å². The third-order valence-electron chi connectivity index (χ3n) is 3.67. The van der Waals surface area contributed by atoms with Gasteiger partial charge < -0.3 is 4.90 Å². The van der Waals surface area contributed by atoms with Gasteiger partial charge >= 0.3 is 0 Å². The Bertz CT molecular complexity index is 414. The third kappa shape index (κ3) is 3.06. The molecular formula is C14H19FN2O. The number of carbonyl (C=O) groups excluding carboxylic acids is 1. The molecule has 1 aromatic rings. The van der Waals surface area contributed by atoms with Gasteiger partial charge in [-0.2, -0.15) is 4.39 Å². The zero-order valence-corrected chi connectivity index (χ0v) is 10.7. The molecule has 0 aromatic carbocycles. The van der Waals surface area contributed by atoms with E-state index in [0.29, 0.717) is 5.56 Å². The maximum atomic E-state index is 13.0. The van der Waals surface area contributed by atoms with Crippen molar-refractivity contribution in [1.29, 1.82) is 0 Å². The zero-order chi connectivity index (χ0) is 13.0. The van der Waals surface area contributed by atoms with Crippen LogP contribution in [-0.4, -0.2) is 28.9 Å². The Morgan fingerprint density at radius 3 is 2.61 bits per heavy atom.